The largest absolute Gasteiger partial charge is 0.300 e. The smallest absolute Gasteiger partial charge is 0.294 e. The molecule has 1 aliphatic rings. The third kappa shape index (κ3) is 3.32. The molecular formula is C18H12Cl3N3OS. The second kappa shape index (κ2) is 7.16. The van der Waals surface area contributed by atoms with Crippen LogP contribution < -0.4 is 5.43 Å². The highest BCUT2D eigenvalue weighted by molar-refractivity contribution is 8.13. The van der Waals surface area contributed by atoms with E-state index in [2.05, 4.69) is 10.4 Å². The molecule has 1 aromatic heterocycles. The van der Waals surface area contributed by atoms with Gasteiger partial charge in [-0.25, -0.2) is 5.01 Å². The Hall–Kier alpha value is -1.66. The predicted molar refractivity (Wildman–Crippen MR) is 109 cm³/mol. The Bertz CT molecular complexity index is 1010. The number of amides is 1. The van der Waals surface area contributed by atoms with Crippen LogP contribution in [-0.2, 0) is 0 Å². The van der Waals surface area contributed by atoms with Crippen molar-refractivity contribution in [2.75, 3.05) is 11.2 Å². The van der Waals surface area contributed by atoms with Crippen molar-refractivity contribution in [3.63, 3.8) is 0 Å². The lowest BCUT2D eigenvalue weighted by Crippen LogP contribution is -2.33. The number of pyridine rings is 1. The molecule has 1 aliphatic heterocycles. The maximum Gasteiger partial charge on any atom is 0.300 e. The predicted octanol–water partition coefficient (Wildman–Crippen LogP) is 6.43. The van der Waals surface area contributed by atoms with E-state index in [-0.39, 0.29) is 11.3 Å². The fraction of sp³-hybridized carbons (Fsp3) is 0.111. The summed E-state index contributed by atoms with van der Waals surface area (Å²) in [7, 11) is 0. The van der Waals surface area contributed by atoms with Gasteiger partial charge in [0.05, 0.1) is 17.2 Å². The minimum atomic E-state index is -0.201. The van der Waals surface area contributed by atoms with Crippen LogP contribution in [0.1, 0.15) is 11.6 Å². The average Bonchev–Trinajstić information content (AvgIpc) is 2.95. The highest BCUT2D eigenvalue weighted by Gasteiger charge is 2.35. The van der Waals surface area contributed by atoms with Gasteiger partial charge >= 0.3 is 5.24 Å². The Kier molecular flexibility index (Phi) is 4.88. The second-order valence-corrected chi connectivity index (χ2v) is 8.01. The SMILES string of the molecule is O=C1SCC(c2ccc(Cl)cc2Cl)N1Nc1ccnc2cc(Cl)ccc12. The molecule has 1 N–H and O–H groups in total. The van der Waals surface area contributed by atoms with Gasteiger partial charge in [-0.2, -0.15) is 0 Å². The van der Waals surface area contributed by atoms with Gasteiger partial charge in [0.25, 0.3) is 0 Å². The standard InChI is InChI=1S/C18H12Cl3N3OS/c19-10-1-3-12(14(21)7-10)17-9-26-18(25)24(17)23-15-5-6-22-16-8-11(20)2-4-13(15)16/h1-8,17H,9H2,(H,22,23). The number of fused-ring (bicyclic) bond motifs is 1. The number of rotatable bonds is 3. The topological polar surface area (TPSA) is 45.2 Å². The number of halogens is 3. The minimum Gasteiger partial charge on any atom is -0.294 e. The molecule has 4 rings (SSSR count). The van der Waals surface area contributed by atoms with Crippen LogP contribution in [0.3, 0.4) is 0 Å². The first kappa shape index (κ1) is 17.7. The molecule has 1 saturated heterocycles. The van der Waals surface area contributed by atoms with E-state index in [0.717, 1.165) is 22.2 Å². The molecule has 1 amide bonds. The van der Waals surface area contributed by atoms with E-state index in [0.29, 0.717) is 20.8 Å². The molecule has 4 nitrogen and oxygen atoms in total. The van der Waals surface area contributed by atoms with Gasteiger partial charge in [-0.05, 0) is 42.0 Å². The molecule has 0 spiro atoms. The molecule has 8 heteroatoms. The molecule has 0 aliphatic carbocycles. The Morgan fingerprint density at radius 3 is 2.65 bits per heavy atom. The van der Waals surface area contributed by atoms with E-state index in [4.69, 9.17) is 34.8 Å². The summed E-state index contributed by atoms with van der Waals surface area (Å²) in [5.41, 5.74) is 5.61. The first-order chi connectivity index (χ1) is 12.5. The molecule has 0 saturated carbocycles. The zero-order valence-corrected chi connectivity index (χ0v) is 16.3. The highest BCUT2D eigenvalue weighted by Crippen LogP contribution is 2.39. The van der Waals surface area contributed by atoms with Gasteiger partial charge in [-0.3, -0.25) is 15.2 Å². The van der Waals surface area contributed by atoms with Crippen LogP contribution in [0.5, 0.6) is 0 Å². The quantitative estimate of drug-likeness (QED) is 0.526. The van der Waals surface area contributed by atoms with E-state index in [1.807, 2.05) is 18.2 Å². The van der Waals surface area contributed by atoms with E-state index in [1.165, 1.54) is 11.8 Å². The van der Waals surface area contributed by atoms with Crippen molar-refractivity contribution in [1.29, 1.82) is 0 Å². The first-order valence-electron chi connectivity index (χ1n) is 7.75. The number of nitrogens with zero attached hydrogens (tertiary/aromatic N) is 2. The lowest BCUT2D eigenvalue weighted by atomic mass is 10.1. The Balaban J connectivity index is 1.71. The van der Waals surface area contributed by atoms with Crippen LogP contribution in [0.2, 0.25) is 15.1 Å². The van der Waals surface area contributed by atoms with Gasteiger partial charge in [0.2, 0.25) is 0 Å². The van der Waals surface area contributed by atoms with Crippen LogP contribution in [0.25, 0.3) is 10.9 Å². The molecule has 2 aromatic carbocycles. The van der Waals surface area contributed by atoms with Gasteiger partial charge in [-0.15, -0.1) is 0 Å². The zero-order valence-electron chi connectivity index (χ0n) is 13.2. The number of aromatic nitrogens is 1. The van der Waals surface area contributed by atoms with Crippen molar-refractivity contribution >= 4 is 68.4 Å². The molecule has 2 heterocycles. The van der Waals surface area contributed by atoms with Crippen molar-refractivity contribution in [3.8, 4) is 0 Å². The van der Waals surface area contributed by atoms with Crippen molar-refractivity contribution in [1.82, 2.24) is 9.99 Å². The maximum absolute atomic E-state index is 12.5. The van der Waals surface area contributed by atoms with Gasteiger partial charge in [0, 0.05) is 32.4 Å². The van der Waals surface area contributed by atoms with Crippen molar-refractivity contribution in [3.05, 3.63) is 69.3 Å². The number of benzene rings is 2. The second-order valence-electron chi connectivity index (χ2n) is 5.76. The van der Waals surface area contributed by atoms with E-state index < -0.39 is 0 Å². The van der Waals surface area contributed by atoms with Gasteiger partial charge in [0.1, 0.15) is 0 Å². The summed E-state index contributed by atoms with van der Waals surface area (Å²) < 4.78 is 0. The Morgan fingerprint density at radius 1 is 1.08 bits per heavy atom. The normalized spacial score (nSPS) is 17.1. The van der Waals surface area contributed by atoms with Crippen LogP contribution in [0.4, 0.5) is 10.5 Å². The summed E-state index contributed by atoms with van der Waals surface area (Å²) in [6.45, 7) is 0. The molecule has 132 valence electrons. The van der Waals surface area contributed by atoms with Gasteiger partial charge < -0.3 is 0 Å². The van der Waals surface area contributed by atoms with E-state index in [1.54, 1.807) is 35.5 Å². The monoisotopic (exact) mass is 423 g/mol. The van der Waals surface area contributed by atoms with E-state index >= 15 is 0 Å². The van der Waals surface area contributed by atoms with Gasteiger partial charge in [0.15, 0.2) is 0 Å². The van der Waals surface area contributed by atoms with Crippen LogP contribution in [-0.4, -0.2) is 21.0 Å². The number of nitrogens with one attached hydrogen (secondary N) is 1. The lowest BCUT2D eigenvalue weighted by molar-refractivity contribution is 0.225. The third-order valence-corrected chi connectivity index (χ3v) is 5.86. The molecule has 1 atom stereocenters. The summed E-state index contributed by atoms with van der Waals surface area (Å²) in [5.74, 6) is 0.599. The maximum atomic E-state index is 12.5. The molecule has 0 radical (unpaired) electrons. The number of carbonyl (C=O) groups is 1. The first-order valence-corrected chi connectivity index (χ1v) is 9.87. The number of hydrogen-bond donors (Lipinski definition) is 1. The van der Waals surface area contributed by atoms with Crippen molar-refractivity contribution in [2.24, 2.45) is 0 Å². The molecule has 1 fully saturated rings. The van der Waals surface area contributed by atoms with Crippen molar-refractivity contribution in [2.45, 2.75) is 6.04 Å². The molecular weight excluding hydrogens is 413 g/mol. The highest BCUT2D eigenvalue weighted by atomic mass is 35.5. The van der Waals surface area contributed by atoms with Crippen molar-refractivity contribution < 1.29 is 4.79 Å². The van der Waals surface area contributed by atoms with Crippen LogP contribution in [0, 0.1) is 0 Å². The fourth-order valence-electron chi connectivity index (χ4n) is 2.89. The average molecular weight is 425 g/mol. The van der Waals surface area contributed by atoms with E-state index in [9.17, 15) is 4.79 Å². The number of carbonyl (C=O) groups excluding carboxylic acids is 1. The minimum absolute atomic E-state index is 0.0695. The third-order valence-electron chi connectivity index (χ3n) is 4.14. The summed E-state index contributed by atoms with van der Waals surface area (Å²) in [4.78, 5) is 16.8. The molecule has 0 bridgehead atoms. The van der Waals surface area contributed by atoms with Crippen LogP contribution in [0.15, 0.2) is 48.7 Å². The number of thioether (sulfide) groups is 1. The summed E-state index contributed by atoms with van der Waals surface area (Å²) >= 11 is 19.6. The summed E-state index contributed by atoms with van der Waals surface area (Å²) in [6.07, 6.45) is 1.68. The van der Waals surface area contributed by atoms with Crippen LogP contribution >= 0.6 is 46.6 Å². The Labute approximate surface area is 169 Å². The molecule has 1 unspecified atom stereocenters. The number of hydrogen-bond acceptors (Lipinski definition) is 4. The van der Waals surface area contributed by atoms with Gasteiger partial charge in [-0.1, -0.05) is 52.6 Å². The zero-order chi connectivity index (χ0) is 18.3. The lowest BCUT2D eigenvalue weighted by Gasteiger charge is -2.26. The number of anilines is 1. The molecule has 26 heavy (non-hydrogen) atoms. The Morgan fingerprint density at radius 2 is 1.85 bits per heavy atom. The summed E-state index contributed by atoms with van der Waals surface area (Å²) in [5, 5.41) is 4.12. The number of hydrazine groups is 1. The molecule has 3 aromatic rings. The summed E-state index contributed by atoms with van der Waals surface area (Å²) in [6, 6.07) is 12.4. The fourth-order valence-corrected chi connectivity index (χ4v) is 4.54.